The summed E-state index contributed by atoms with van der Waals surface area (Å²) in [4.78, 5) is 0. The van der Waals surface area contributed by atoms with Gasteiger partial charge in [0.15, 0.2) is 0 Å². The summed E-state index contributed by atoms with van der Waals surface area (Å²) in [5.74, 6) is 1.86. The number of hydrogen-bond donors (Lipinski definition) is 0. The fraction of sp³-hybridized carbons (Fsp3) is 0. The van der Waals surface area contributed by atoms with Crippen molar-refractivity contribution in [3.8, 4) is 33.8 Å². The number of rotatable bonds is 3. The van der Waals surface area contributed by atoms with Crippen LogP contribution in [0.15, 0.2) is 127 Å². The van der Waals surface area contributed by atoms with E-state index in [0.717, 1.165) is 11.5 Å². The summed E-state index contributed by atoms with van der Waals surface area (Å²) in [6.07, 6.45) is 0. The van der Waals surface area contributed by atoms with Gasteiger partial charge in [-0.3, -0.25) is 0 Å². The highest BCUT2D eigenvalue weighted by atomic mass is 16.5. The number of fused-ring (bicyclic) bond motifs is 2. The molecule has 32 heavy (non-hydrogen) atoms. The summed E-state index contributed by atoms with van der Waals surface area (Å²) in [6, 6.07) is 44.9. The van der Waals surface area contributed by atoms with Gasteiger partial charge in [-0.15, -0.1) is 0 Å². The molecule has 5 aromatic carbocycles. The molecular weight excluding hydrogens is 387 g/mol. The van der Waals surface area contributed by atoms with Crippen LogP contribution in [0.3, 0.4) is 0 Å². The van der Waals surface area contributed by atoms with Gasteiger partial charge in [-0.1, -0.05) is 121 Å². The first-order valence-corrected chi connectivity index (χ1v) is 11.0. The van der Waals surface area contributed by atoms with E-state index in [1.165, 1.54) is 38.6 Å². The molecule has 5 aromatic rings. The number of benzene rings is 5. The number of hydrogen-bond acceptors (Lipinski definition) is 1. The Labute approximate surface area is 189 Å². The summed E-state index contributed by atoms with van der Waals surface area (Å²) >= 11 is 0. The first-order valence-electron chi connectivity index (χ1n) is 11.0. The van der Waals surface area contributed by atoms with Crippen LogP contribution in [-0.4, -0.2) is 6.71 Å². The van der Waals surface area contributed by atoms with E-state index in [1.54, 1.807) is 0 Å². The minimum Gasteiger partial charge on any atom is -0.458 e. The van der Waals surface area contributed by atoms with Crippen LogP contribution in [0.1, 0.15) is 0 Å². The van der Waals surface area contributed by atoms with E-state index in [9.17, 15) is 0 Å². The van der Waals surface area contributed by atoms with Crippen LogP contribution in [0.4, 0.5) is 0 Å². The third-order valence-corrected chi connectivity index (χ3v) is 6.24. The van der Waals surface area contributed by atoms with Crippen LogP contribution in [-0.2, 0) is 0 Å². The third-order valence-electron chi connectivity index (χ3n) is 6.24. The van der Waals surface area contributed by atoms with E-state index in [2.05, 4.69) is 115 Å². The van der Waals surface area contributed by atoms with E-state index in [4.69, 9.17) is 4.74 Å². The summed E-state index contributed by atoms with van der Waals surface area (Å²) in [6.45, 7) is 0.0720. The maximum Gasteiger partial charge on any atom is 0.252 e. The minimum atomic E-state index is 0.0720. The van der Waals surface area contributed by atoms with Crippen LogP contribution in [0.5, 0.6) is 11.5 Å². The predicted molar refractivity (Wildman–Crippen MR) is 135 cm³/mol. The van der Waals surface area contributed by atoms with E-state index in [-0.39, 0.29) is 6.71 Å². The van der Waals surface area contributed by atoms with Gasteiger partial charge in [0.1, 0.15) is 11.5 Å². The van der Waals surface area contributed by atoms with Crippen LogP contribution >= 0.6 is 0 Å². The molecule has 1 nitrogen and oxygen atoms in total. The van der Waals surface area contributed by atoms with Crippen LogP contribution in [0.25, 0.3) is 22.3 Å². The molecule has 0 aliphatic carbocycles. The third kappa shape index (κ3) is 3.12. The smallest absolute Gasteiger partial charge is 0.252 e. The molecule has 0 amide bonds. The standard InChI is InChI=1S/C30H21BO/c1-3-12-22(13-4-1)24-16-11-17-25(23-14-5-2-6-15-23)30(24)31-26-18-7-9-20-28(26)32-29-21-10-8-19-27(29)31/h1-21H. The number of para-hydroxylation sites is 2. The first kappa shape index (κ1) is 18.7. The highest BCUT2D eigenvalue weighted by Gasteiger charge is 2.35. The Kier molecular flexibility index (Phi) is 4.62. The van der Waals surface area contributed by atoms with E-state index < -0.39 is 0 Å². The molecule has 0 saturated heterocycles. The molecular formula is C30H21BO. The molecule has 0 fully saturated rings. The molecule has 1 heterocycles. The van der Waals surface area contributed by atoms with Crippen molar-refractivity contribution in [2.24, 2.45) is 0 Å². The Morgan fingerprint density at radius 1 is 0.406 bits per heavy atom. The molecule has 6 rings (SSSR count). The molecule has 0 saturated carbocycles. The first-order chi connectivity index (χ1) is 15.9. The molecule has 0 unspecified atom stereocenters. The fourth-order valence-corrected chi connectivity index (χ4v) is 4.84. The van der Waals surface area contributed by atoms with E-state index >= 15 is 0 Å². The fourth-order valence-electron chi connectivity index (χ4n) is 4.84. The molecule has 0 radical (unpaired) electrons. The summed E-state index contributed by atoms with van der Waals surface area (Å²) in [5, 5.41) is 0. The quantitative estimate of drug-likeness (QED) is 0.344. The van der Waals surface area contributed by atoms with Gasteiger partial charge in [0.05, 0.1) is 0 Å². The Morgan fingerprint density at radius 2 is 0.844 bits per heavy atom. The zero-order chi connectivity index (χ0) is 21.3. The van der Waals surface area contributed by atoms with Crippen molar-refractivity contribution in [1.82, 2.24) is 0 Å². The van der Waals surface area contributed by atoms with Gasteiger partial charge in [-0.25, -0.2) is 0 Å². The molecule has 1 aliphatic heterocycles. The van der Waals surface area contributed by atoms with Gasteiger partial charge in [-0.05, 0) is 45.3 Å². The van der Waals surface area contributed by atoms with Gasteiger partial charge in [0.2, 0.25) is 0 Å². The van der Waals surface area contributed by atoms with Gasteiger partial charge < -0.3 is 4.74 Å². The lowest BCUT2D eigenvalue weighted by Crippen LogP contribution is -2.56. The largest absolute Gasteiger partial charge is 0.458 e. The molecule has 150 valence electrons. The Balaban J connectivity index is 1.71. The lowest BCUT2D eigenvalue weighted by molar-refractivity contribution is 0.487. The van der Waals surface area contributed by atoms with Gasteiger partial charge in [-0.2, -0.15) is 0 Å². The molecule has 0 spiro atoms. The van der Waals surface area contributed by atoms with Crippen molar-refractivity contribution in [2.75, 3.05) is 0 Å². The summed E-state index contributed by atoms with van der Waals surface area (Å²) < 4.78 is 6.32. The monoisotopic (exact) mass is 408 g/mol. The van der Waals surface area contributed by atoms with Gasteiger partial charge in [0.25, 0.3) is 6.71 Å². The SMILES string of the molecule is c1ccc(-c2cccc(-c3ccccc3)c2B2c3ccccc3Oc3ccccc32)cc1. The van der Waals surface area contributed by atoms with Crippen LogP contribution in [0.2, 0.25) is 0 Å². The lowest BCUT2D eigenvalue weighted by atomic mass is 9.34. The van der Waals surface area contributed by atoms with E-state index in [0.29, 0.717) is 0 Å². The molecule has 1 aliphatic rings. The second-order valence-corrected chi connectivity index (χ2v) is 8.11. The summed E-state index contributed by atoms with van der Waals surface area (Å²) in [5.41, 5.74) is 8.67. The van der Waals surface area contributed by atoms with Crippen molar-refractivity contribution in [2.45, 2.75) is 0 Å². The van der Waals surface area contributed by atoms with Crippen LogP contribution in [0, 0.1) is 0 Å². The molecule has 2 heteroatoms. The van der Waals surface area contributed by atoms with Gasteiger partial charge in [0, 0.05) is 0 Å². The maximum absolute atomic E-state index is 6.32. The maximum atomic E-state index is 6.32. The Morgan fingerprint density at radius 3 is 1.34 bits per heavy atom. The van der Waals surface area contributed by atoms with Crippen molar-refractivity contribution in [3.63, 3.8) is 0 Å². The molecule has 0 N–H and O–H groups in total. The summed E-state index contributed by atoms with van der Waals surface area (Å²) in [7, 11) is 0. The Bertz CT molecular complexity index is 1290. The second-order valence-electron chi connectivity index (χ2n) is 8.11. The van der Waals surface area contributed by atoms with Crippen molar-refractivity contribution in [3.05, 3.63) is 127 Å². The normalized spacial score (nSPS) is 11.9. The van der Waals surface area contributed by atoms with Crippen molar-refractivity contribution in [1.29, 1.82) is 0 Å². The highest BCUT2D eigenvalue weighted by molar-refractivity contribution is 6.98. The van der Waals surface area contributed by atoms with Crippen LogP contribution < -0.4 is 21.1 Å². The zero-order valence-corrected chi connectivity index (χ0v) is 17.6. The average Bonchev–Trinajstić information content (AvgIpc) is 2.88. The molecule has 0 atom stereocenters. The van der Waals surface area contributed by atoms with Crippen molar-refractivity contribution >= 4 is 23.1 Å². The van der Waals surface area contributed by atoms with Gasteiger partial charge >= 0.3 is 0 Å². The lowest BCUT2D eigenvalue weighted by Gasteiger charge is -2.29. The zero-order valence-electron chi connectivity index (χ0n) is 17.6. The average molecular weight is 408 g/mol. The Hall–Kier alpha value is -4.04. The highest BCUT2D eigenvalue weighted by Crippen LogP contribution is 2.29. The second kappa shape index (κ2) is 7.90. The minimum absolute atomic E-state index is 0.0720. The molecule has 0 aromatic heterocycles. The molecule has 0 bridgehead atoms. The topological polar surface area (TPSA) is 9.23 Å². The van der Waals surface area contributed by atoms with E-state index in [1.807, 2.05) is 12.1 Å². The predicted octanol–water partition coefficient (Wildman–Crippen LogP) is 5.64. The number of ether oxygens (including phenoxy) is 1. The van der Waals surface area contributed by atoms with Crippen molar-refractivity contribution < 1.29 is 4.74 Å².